The van der Waals surface area contributed by atoms with Crippen LogP contribution in [0.1, 0.15) is 46.2 Å². The Morgan fingerprint density at radius 1 is 1.21 bits per heavy atom. The maximum absolute atomic E-state index is 14.0. The number of aromatic amines is 1. The number of piperidine rings is 1. The van der Waals surface area contributed by atoms with E-state index in [0.717, 1.165) is 6.07 Å². The third-order valence-electron chi connectivity index (χ3n) is 5.33. The van der Waals surface area contributed by atoms with Crippen molar-refractivity contribution >= 4 is 40.9 Å². The molecule has 3 heterocycles. The van der Waals surface area contributed by atoms with Gasteiger partial charge in [0.25, 0.3) is 5.91 Å². The van der Waals surface area contributed by atoms with Crippen LogP contribution in [0.25, 0.3) is 0 Å². The highest BCUT2D eigenvalue weighted by molar-refractivity contribution is 6.35. The molecule has 9 nitrogen and oxygen atoms in total. The van der Waals surface area contributed by atoms with Crippen LogP contribution in [0.3, 0.4) is 0 Å². The molecule has 1 saturated heterocycles. The van der Waals surface area contributed by atoms with Gasteiger partial charge in [0.15, 0.2) is 5.78 Å². The number of nitrogens with zero attached hydrogens (tertiary/aromatic N) is 3. The second kappa shape index (κ2) is 10.0. The molecule has 0 aliphatic carbocycles. The number of carbonyl (C=O) groups is 3. The molecule has 1 aromatic carbocycles. The Bertz CT molecular complexity index is 1200. The molecule has 1 amide bonds. The van der Waals surface area contributed by atoms with Crippen LogP contribution < -0.4 is 10.2 Å². The number of benzene rings is 1. The minimum absolute atomic E-state index is 0.00922. The van der Waals surface area contributed by atoms with Gasteiger partial charge < -0.3 is 19.9 Å². The molecule has 1 fully saturated rings. The van der Waals surface area contributed by atoms with E-state index < -0.39 is 17.5 Å². The summed E-state index contributed by atoms with van der Waals surface area (Å²) in [5.41, 5.74) is 0.313. The summed E-state index contributed by atoms with van der Waals surface area (Å²) in [6.07, 6.45) is 5.55. The topological polar surface area (TPSA) is 117 Å². The molecule has 1 aliphatic rings. The Labute approximate surface area is 199 Å². The highest BCUT2D eigenvalue weighted by Crippen LogP contribution is 2.23. The fourth-order valence-electron chi connectivity index (χ4n) is 3.67. The van der Waals surface area contributed by atoms with Crippen LogP contribution in [0, 0.1) is 5.82 Å². The maximum atomic E-state index is 14.0. The van der Waals surface area contributed by atoms with E-state index in [1.807, 2.05) is 4.90 Å². The van der Waals surface area contributed by atoms with Gasteiger partial charge in [0, 0.05) is 44.6 Å². The minimum atomic E-state index is -0.738. The van der Waals surface area contributed by atoms with Gasteiger partial charge in [-0.25, -0.2) is 14.4 Å². The average Bonchev–Trinajstić information content (AvgIpc) is 3.30. The van der Waals surface area contributed by atoms with Crippen molar-refractivity contribution in [2.75, 3.05) is 23.3 Å². The number of aromatic nitrogens is 3. The lowest BCUT2D eigenvalue weighted by Crippen LogP contribution is -2.38. The Balaban J connectivity index is 1.37. The van der Waals surface area contributed by atoms with E-state index in [1.54, 1.807) is 0 Å². The molecule has 0 spiro atoms. The minimum Gasteiger partial charge on any atom is -0.462 e. The largest absolute Gasteiger partial charge is 0.462 e. The van der Waals surface area contributed by atoms with Crippen LogP contribution in [-0.4, -0.2) is 51.8 Å². The zero-order chi connectivity index (χ0) is 24.2. The van der Waals surface area contributed by atoms with E-state index in [-0.39, 0.29) is 33.9 Å². The third kappa shape index (κ3) is 5.23. The number of nitrogens with one attached hydrogen (secondary N) is 2. The van der Waals surface area contributed by atoms with Gasteiger partial charge in [-0.1, -0.05) is 17.7 Å². The number of carbonyl (C=O) groups excluding carboxylic acids is 3. The molecule has 1 aliphatic heterocycles. The fraction of sp³-hybridized carbons (Fsp3) is 0.261. The molecule has 176 valence electrons. The van der Waals surface area contributed by atoms with Crippen LogP contribution >= 0.6 is 11.6 Å². The van der Waals surface area contributed by atoms with Gasteiger partial charge in [-0.15, -0.1) is 0 Å². The normalized spacial score (nSPS) is 14.0. The summed E-state index contributed by atoms with van der Waals surface area (Å²) < 4.78 is 19.3. The van der Waals surface area contributed by atoms with Crippen molar-refractivity contribution in [3.8, 4) is 0 Å². The second-order valence-electron chi connectivity index (χ2n) is 7.75. The van der Waals surface area contributed by atoms with E-state index in [1.165, 1.54) is 43.7 Å². The number of anilines is 2. The fourth-order valence-corrected chi connectivity index (χ4v) is 3.92. The summed E-state index contributed by atoms with van der Waals surface area (Å²) in [6.45, 7) is 2.69. The van der Waals surface area contributed by atoms with Crippen LogP contribution in [0.5, 0.6) is 0 Å². The lowest BCUT2D eigenvalue weighted by molar-refractivity contribution is -0.147. The molecule has 2 aromatic heterocycles. The third-order valence-corrected chi connectivity index (χ3v) is 5.65. The van der Waals surface area contributed by atoms with E-state index in [9.17, 15) is 18.8 Å². The molecule has 3 aromatic rings. The van der Waals surface area contributed by atoms with Crippen molar-refractivity contribution < 1.29 is 23.5 Å². The summed E-state index contributed by atoms with van der Waals surface area (Å²) in [5, 5.41) is 2.64. The van der Waals surface area contributed by atoms with Gasteiger partial charge in [0.05, 0.1) is 28.7 Å². The van der Waals surface area contributed by atoms with Crippen LogP contribution in [0.15, 0.2) is 42.9 Å². The Hall–Kier alpha value is -3.79. The summed E-state index contributed by atoms with van der Waals surface area (Å²) in [7, 11) is 0. The standard InChI is InChI=1S/C23H21ClFN5O4/c1-13(31)34-16-5-7-30(8-6-16)23-27-11-15(12-28-23)29-22(33)19-9-14(10-26-19)21(32)20-17(24)3-2-4-18(20)25/h2-4,9-12,16,26H,5-8H2,1H3,(H,29,33). The van der Waals surface area contributed by atoms with Crippen molar-refractivity contribution in [1.29, 1.82) is 0 Å². The lowest BCUT2D eigenvalue weighted by atomic mass is 10.1. The number of ketones is 1. The van der Waals surface area contributed by atoms with E-state index in [4.69, 9.17) is 16.3 Å². The predicted octanol–water partition coefficient (Wildman–Crippen LogP) is 3.61. The van der Waals surface area contributed by atoms with Gasteiger partial charge in [0.1, 0.15) is 17.6 Å². The van der Waals surface area contributed by atoms with E-state index in [2.05, 4.69) is 20.3 Å². The Morgan fingerprint density at radius 3 is 2.56 bits per heavy atom. The maximum Gasteiger partial charge on any atom is 0.302 e. The second-order valence-corrected chi connectivity index (χ2v) is 8.16. The smallest absolute Gasteiger partial charge is 0.302 e. The summed E-state index contributed by atoms with van der Waals surface area (Å²) >= 11 is 5.96. The van der Waals surface area contributed by atoms with Crippen LogP contribution in [0.4, 0.5) is 16.0 Å². The molecule has 0 atom stereocenters. The molecular formula is C23H21ClFN5O4. The summed E-state index contributed by atoms with van der Waals surface area (Å²) in [4.78, 5) is 49.6. The number of amides is 1. The van der Waals surface area contributed by atoms with Gasteiger partial charge in [0.2, 0.25) is 5.95 Å². The molecule has 0 saturated carbocycles. The number of hydrogen-bond acceptors (Lipinski definition) is 7. The van der Waals surface area contributed by atoms with Crippen molar-refractivity contribution in [3.05, 3.63) is 70.5 Å². The number of hydrogen-bond donors (Lipinski definition) is 2. The first-order valence-corrected chi connectivity index (χ1v) is 10.9. The van der Waals surface area contributed by atoms with Gasteiger partial charge in [-0.3, -0.25) is 14.4 Å². The van der Waals surface area contributed by atoms with E-state index in [0.29, 0.717) is 37.6 Å². The first-order valence-electron chi connectivity index (χ1n) is 10.5. The monoisotopic (exact) mass is 485 g/mol. The Morgan fingerprint density at radius 2 is 1.91 bits per heavy atom. The molecule has 0 bridgehead atoms. The van der Waals surface area contributed by atoms with Crippen molar-refractivity contribution in [1.82, 2.24) is 15.0 Å². The van der Waals surface area contributed by atoms with Crippen molar-refractivity contribution in [2.24, 2.45) is 0 Å². The molecule has 11 heteroatoms. The SMILES string of the molecule is CC(=O)OC1CCN(c2ncc(NC(=O)c3cc(C(=O)c4c(F)cccc4Cl)c[nH]3)cn2)CC1. The zero-order valence-electron chi connectivity index (χ0n) is 18.2. The Kier molecular flexibility index (Phi) is 6.87. The van der Waals surface area contributed by atoms with Crippen LogP contribution in [-0.2, 0) is 9.53 Å². The van der Waals surface area contributed by atoms with Gasteiger partial charge in [-0.2, -0.15) is 0 Å². The highest BCUT2D eigenvalue weighted by atomic mass is 35.5. The first-order chi connectivity index (χ1) is 16.3. The highest BCUT2D eigenvalue weighted by Gasteiger charge is 2.23. The van der Waals surface area contributed by atoms with Gasteiger partial charge in [-0.05, 0) is 18.2 Å². The van der Waals surface area contributed by atoms with Crippen molar-refractivity contribution in [3.63, 3.8) is 0 Å². The summed E-state index contributed by atoms with van der Waals surface area (Å²) in [5.74, 6) is -1.67. The van der Waals surface area contributed by atoms with Crippen LogP contribution in [0.2, 0.25) is 5.02 Å². The molecular weight excluding hydrogens is 465 g/mol. The molecule has 0 radical (unpaired) electrons. The molecule has 0 unspecified atom stereocenters. The summed E-state index contributed by atoms with van der Waals surface area (Å²) in [6, 6.07) is 5.29. The van der Waals surface area contributed by atoms with E-state index >= 15 is 0 Å². The molecule has 2 N–H and O–H groups in total. The number of rotatable bonds is 6. The number of H-pyrrole nitrogens is 1. The number of esters is 1. The quantitative estimate of drug-likeness (QED) is 0.404. The predicted molar refractivity (Wildman–Crippen MR) is 123 cm³/mol. The average molecular weight is 486 g/mol. The van der Waals surface area contributed by atoms with Crippen molar-refractivity contribution in [2.45, 2.75) is 25.9 Å². The zero-order valence-corrected chi connectivity index (χ0v) is 18.9. The van der Waals surface area contributed by atoms with Gasteiger partial charge >= 0.3 is 5.97 Å². The number of ether oxygens (including phenoxy) is 1. The first kappa shape index (κ1) is 23.4. The number of halogens is 2. The molecule has 34 heavy (non-hydrogen) atoms. The lowest BCUT2D eigenvalue weighted by Gasteiger charge is -2.31. The molecule has 4 rings (SSSR count).